The Bertz CT molecular complexity index is 1040. The Hall–Kier alpha value is -2.56. The van der Waals surface area contributed by atoms with E-state index in [0.717, 1.165) is 5.56 Å². The molecule has 1 aliphatic heterocycles. The van der Waals surface area contributed by atoms with Crippen LogP contribution in [0.25, 0.3) is 0 Å². The molecule has 2 aromatic carbocycles. The first-order valence-corrected chi connectivity index (χ1v) is 10.7. The predicted molar refractivity (Wildman–Crippen MR) is 108 cm³/mol. The lowest BCUT2D eigenvalue weighted by molar-refractivity contribution is 0.0707. The van der Waals surface area contributed by atoms with Crippen molar-refractivity contribution < 1.29 is 13.2 Å². The second-order valence-electron chi connectivity index (χ2n) is 6.81. The molecule has 0 aromatic heterocycles. The molecule has 0 aliphatic carbocycles. The third-order valence-electron chi connectivity index (χ3n) is 4.71. The maximum absolute atomic E-state index is 12.8. The van der Waals surface area contributed by atoms with Crippen molar-refractivity contribution in [1.29, 1.82) is 5.26 Å². The van der Waals surface area contributed by atoms with Crippen LogP contribution >= 0.6 is 11.6 Å². The normalized spacial score (nSPS) is 15.1. The third-order valence-corrected chi connectivity index (χ3v) is 6.42. The molecule has 1 N–H and O–H groups in total. The van der Waals surface area contributed by atoms with Crippen LogP contribution in [-0.4, -0.2) is 32.3 Å². The Labute approximate surface area is 169 Å². The number of hydrogen-bond donors (Lipinski definition) is 1. The highest BCUT2D eigenvalue weighted by Crippen LogP contribution is 2.26. The van der Waals surface area contributed by atoms with Gasteiger partial charge < -0.3 is 4.90 Å². The number of piperidine rings is 1. The van der Waals surface area contributed by atoms with Crippen molar-refractivity contribution in [2.75, 3.05) is 17.8 Å². The summed E-state index contributed by atoms with van der Waals surface area (Å²) in [5.74, 6) is -0.376. The van der Waals surface area contributed by atoms with Gasteiger partial charge in [0.1, 0.15) is 0 Å². The highest BCUT2D eigenvalue weighted by Gasteiger charge is 2.26. The average Bonchev–Trinajstić information content (AvgIpc) is 2.67. The fourth-order valence-electron chi connectivity index (χ4n) is 3.14. The minimum atomic E-state index is -3.87. The Morgan fingerprint density at radius 2 is 1.93 bits per heavy atom. The molecule has 1 amide bonds. The summed E-state index contributed by atoms with van der Waals surface area (Å²) in [5.41, 5.74) is 1.51. The number of carbonyl (C=O) groups excluding carboxylic acids is 1. The number of nitriles is 1. The lowest BCUT2D eigenvalue weighted by Gasteiger charge is -2.29. The van der Waals surface area contributed by atoms with E-state index in [9.17, 15) is 13.2 Å². The van der Waals surface area contributed by atoms with Crippen molar-refractivity contribution in [3.63, 3.8) is 0 Å². The molecule has 0 saturated carbocycles. The monoisotopic (exact) mass is 417 g/mol. The van der Waals surface area contributed by atoms with E-state index in [1.54, 1.807) is 23.1 Å². The molecule has 2 aromatic rings. The fraction of sp³-hybridized carbons (Fsp3) is 0.300. The number of hydrogen-bond acceptors (Lipinski definition) is 4. The van der Waals surface area contributed by atoms with Crippen LogP contribution in [0.1, 0.15) is 28.8 Å². The van der Waals surface area contributed by atoms with Crippen LogP contribution in [0.3, 0.4) is 0 Å². The largest absolute Gasteiger partial charge is 0.339 e. The van der Waals surface area contributed by atoms with Gasteiger partial charge in [0.2, 0.25) is 0 Å². The quantitative estimate of drug-likeness (QED) is 0.818. The Kier molecular flexibility index (Phi) is 5.92. The lowest BCUT2D eigenvalue weighted by Crippen LogP contribution is -2.38. The minimum Gasteiger partial charge on any atom is -0.339 e. The first-order valence-electron chi connectivity index (χ1n) is 8.88. The van der Waals surface area contributed by atoms with Crippen molar-refractivity contribution >= 4 is 33.2 Å². The van der Waals surface area contributed by atoms with E-state index in [1.807, 2.05) is 13.0 Å². The van der Waals surface area contributed by atoms with Gasteiger partial charge in [0.25, 0.3) is 15.9 Å². The lowest BCUT2D eigenvalue weighted by atomic mass is 9.98. The van der Waals surface area contributed by atoms with E-state index in [4.69, 9.17) is 16.9 Å². The van der Waals surface area contributed by atoms with Crippen LogP contribution in [0.4, 0.5) is 5.69 Å². The van der Waals surface area contributed by atoms with Crippen molar-refractivity contribution in [2.24, 2.45) is 5.92 Å². The van der Waals surface area contributed by atoms with Crippen molar-refractivity contribution in [2.45, 2.75) is 24.7 Å². The number of nitrogens with one attached hydrogen (secondary N) is 1. The maximum atomic E-state index is 12.8. The number of benzene rings is 2. The number of sulfonamides is 1. The van der Waals surface area contributed by atoms with Crippen LogP contribution in [0, 0.1) is 24.2 Å². The fourth-order valence-corrected chi connectivity index (χ4v) is 4.41. The summed E-state index contributed by atoms with van der Waals surface area (Å²) in [6.45, 7) is 2.77. The number of carbonyl (C=O) groups is 1. The number of anilines is 1. The van der Waals surface area contributed by atoms with Gasteiger partial charge in [0, 0.05) is 24.7 Å². The van der Waals surface area contributed by atoms with Crippen LogP contribution in [-0.2, 0) is 10.0 Å². The van der Waals surface area contributed by atoms with Gasteiger partial charge in [-0.15, -0.1) is 0 Å². The summed E-state index contributed by atoms with van der Waals surface area (Å²) in [6.07, 6.45) is 1.21. The first-order chi connectivity index (χ1) is 13.3. The molecule has 1 fully saturated rings. The van der Waals surface area contributed by atoms with E-state index < -0.39 is 10.0 Å². The van der Waals surface area contributed by atoms with E-state index >= 15 is 0 Å². The van der Waals surface area contributed by atoms with Crippen molar-refractivity contribution in [1.82, 2.24) is 4.90 Å². The molecule has 0 spiro atoms. The summed E-state index contributed by atoms with van der Waals surface area (Å²) in [5, 5.41) is 9.19. The second kappa shape index (κ2) is 8.21. The van der Waals surface area contributed by atoms with Crippen molar-refractivity contribution in [3.8, 4) is 6.07 Å². The van der Waals surface area contributed by atoms with Gasteiger partial charge >= 0.3 is 0 Å². The zero-order chi connectivity index (χ0) is 20.3. The van der Waals surface area contributed by atoms with E-state index in [-0.39, 0.29) is 27.3 Å². The smallest absolute Gasteiger partial charge is 0.261 e. The van der Waals surface area contributed by atoms with Gasteiger partial charge in [-0.05, 0) is 55.7 Å². The number of likely N-dealkylation sites (tertiary alicyclic amines) is 1. The second-order valence-corrected chi connectivity index (χ2v) is 8.90. The number of nitrogens with zero attached hydrogens (tertiary/aromatic N) is 2. The summed E-state index contributed by atoms with van der Waals surface area (Å²) in [7, 11) is -3.87. The molecular formula is C20H20ClN3O3S. The number of aryl methyl sites for hydroxylation is 1. The summed E-state index contributed by atoms with van der Waals surface area (Å²) < 4.78 is 28.0. The zero-order valence-corrected chi connectivity index (χ0v) is 16.9. The summed E-state index contributed by atoms with van der Waals surface area (Å²) in [6, 6.07) is 13.3. The standard InChI is InChI=1S/C20H20ClN3O3S/c1-14-3-2-4-16(11-14)23-28(26,27)17-5-6-19(21)18(12-17)20(25)24-9-7-15(13-22)8-10-24/h2-6,11-12,15,23H,7-10H2,1H3. The molecule has 28 heavy (non-hydrogen) atoms. The Morgan fingerprint density at radius 3 is 2.57 bits per heavy atom. The number of amides is 1. The molecule has 1 saturated heterocycles. The zero-order valence-electron chi connectivity index (χ0n) is 15.4. The Balaban J connectivity index is 1.84. The van der Waals surface area contributed by atoms with Gasteiger partial charge in [-0.3, -0.25) is 9.52 Å². The summed E-state index contributed by atoms with van der Waals surface area (Å²) >= 11 is 6.18. The number of rotatable bonds is 4. The molecular weight excluding hydrogens is 398 g/mol. The molecule has 0 unspecified atom stereocenters. The molecule has 1 aliphatic rings. The molecule has 1 heterocycles. The van der Waals surface area contributed by atoms with E-state index in [0.29, 0.717) is 31.6 Å². The highest BCUT2D eigenvalue weighted by molar-refractivity contribution is 7.92. The molecule has 3 rings (SSSR count). The van der Waals surface area contributed by atoms with Crippen LogP contribution < -0.4 is 4.72 Å². The average molecular weight is 418 g/mol. The van der Waals surface area contributed by atoms with Gasteiger partial charge in [0.15, 0.2) is 0 Å². The van der Waals surface area contributed by atoms with E-state index in [2.05, 4.69) is 10.8 Å². The van der Waals surface area contributed by atoms with Gasteiger partial charge in [-0.25, -0.2) is 8.42 Å². The molecule has 0 bridgehead atoms. The topological polar surface area (TPSA) is 90.3 Å². The summed E-state index contributed by atoms with van der Waals surface area (Å²) in [4.78, 5) is 14.4. The van der Waals surface area contributed by atoms with Gasteiger partial charge in [0.05, 0.1) is 21.6 Å². The molecule has 6 nitrogen and oxygen atoms in total. The SMILES string of the molecule is Cc1cccc(NS(=O)(=O)c2ccc(Cl)c(C(=O)N3CCC(C#N)CC3)c2)c1. The Morgan fingerprint density at radius 1 is 1.21 bits per heavy atom. The van der Waals surface area contributed by atoms with Crippen LogP contribution in [0.5, 0.6) is 0 Å². The molecule has 146 valence electrons. The van der Waals surface area contributed by atoms with Gasteiger partial charge in [-0.2, -0.15) is 5.26 Å². The minimum absolute atomic E-state index is 0.0336. The molecule has 0 radical (unpaired) electrons. The van der Waals surface area contributed by atoms with Crippen LogP contribution in [0.15, 0.2) is 47.4 Å². The third kappa shape index (κ3) is 4.46. The maximum Gasteiger partial charge on any atom is 0.261 e. The van der Waals surface area contributed by atoms with E-state index in [1.165, 1.54) is 18.2 Å². The number of halogens is 1. The highest BCUT2D eigenvalue weighted by atomic mass is 35.5. The van der Waals surface area contributed by atoms with Crippen molar-refractivity contribution in [3.05, 3.63) is 58.6 Å². The first kappa shape index (κ1) is 20.2. The molecule has 0 atom stereocenters. The van der Waals surface area contributed by atoms with Gasteiger partial charge in [-0.1, -0.05) is 23.7 Å². The predicted octanol–water partition coefficient (Wildman–Crippen LogP) is 3.83. The molecule has 8 heteroatoms. The van der Waals surface area contributed by atoms with Crippen LogP contribution in [0.2, 0.25) is 5.02 Å².